The molecule has 0 aliphatic carbocycles. The number of aryl methyl sites for hydroxylation is 1. The van der Waals surface area contributed by atoms with Gasteiger partial charge in [0.1, 0.15) is 5.82 Å². The Morgan fingerprint density at radius 1 is 1.56 bits per heavy atom. The minimum absolute atomic E-state index is 0.807. The van der Waals surface area contributed by atoms with E-state index in [0.717, 1.165) is 40.8 Å². The number of hydrogen-bond donors (Lipinski definition) is 2. The van der Waals surface area contributed by atoms with E-state index in [0.29, 0.717) is 0 Å². The lowest BCUT2D eigenvalue weighted by Gasteiger charge is -1.96. The molecule has 2 aromatic rings. The van der Waals surface area contributed by atoms with E-state index in [-0.39, 0.29) is 0 Å². The van der Waals surface area contributed by atoms with Gasteiger partial charge >= 0.3 is 0 Å². The molecule has 0 saturated carbocycles. The average molecular weight is 256 g/mol. The highest BCUT2D eigenvalue weighted by Crippen LogP contribution is 2.27. The van der Waals surface area contributed by atoms with Crippen molar-refractivity contribution in [2.24, 2.45) is 0 Å². The van der Waals surface area contributed by atoms with E-state index in [1.807, 2.05) is 24.7 Å². The highest BCUT2D eigenvalue weighted by molar-refractivity contribution is 7.14. The molecule has 0 radical (unpaired) electrons. The Kier molecular flexibility index (Phi) is 3.98. The van der Waals surface area contributed by atoms with Gasteiger partial charge in [-0.15, -0.1) is 11.3 Å². The van der Waals surface area contributed by atoms with Gasteiger partial charge in [0, 0.05) is 17.4 Å². The highest BCUT2D eigenvalue weighted by Gasteiger charge is 2.05. The minimum atomic E-state index is 0.807. The maximum atomic E-state index is 5.90. The van der Waals surface area contributed by atoms with Gasteiger partial charge in [-0.1, -0.05) is 11.6 Å². The van der Waals surface area contributed by atoms with E-state index in [1.165, 1.54) is 11.3 Å². The molecule has 5 heteroatoms. The van der Waals surface area contributed by atoms with Gasteiger partial charge in [-0.25, -0.2) is 4.98 Å². The zero-order valence-electron chi connectivity index (χ0n) is 9.09. The summed E-state index contributed by atoms with van der Waals surface area (Å²) in [6, 6.07) is 1.96. The number of aromatic amines is 1. The molecule has 0 aliphatic rings. The third-order valence-electron chi connectivity index (χ3n) is 2.35. The van der Waals surface area contributed by atoms with Crippen LogP contribution in [0.4, 0.5) is 0 Å². The molecule has 2 aromatic heterocycles. The zero-order chi connectivity index (χ0) is 11.4. The van der Waals surface area contributed by atoms with Crippen LogP contribution in [0.2, 0.25) is 4.34 Å². The summed E-state index contributed by atoms with van der Waals surface area (Å²) < 4.78 is 0.807. The van der Waals surface area contributed by atoms with Gasteiger partial charge in [-0.05, 0) is 26.1 Å². The largest absolute Gasteiger partial charge is 0.342 e. The van der Waals surface area contributed by atoms with Crippen molar-refractivity contribution in [3.63, 3.8) is 0 Å². The van der Waals surface area contributed by atoms with Gasteiger partial charge in [0.2, 0.25) is 0 Å². The van der Waals surface area contributed by atoms with Crippen molar-refractivity contribution in [1.82, 2.24) is 15.3 Å². The number of rotatable bonds is 5. The fourth-order valence-electron chi connectivity index (χ4n) is 1.52. The van der Waals surface area contributed by atoms with Crippen molar-refractivity contribution in [1.29, 1.82) is 0 Å². The molecule has 0 amide bonds. The van der Waals surface area contributed by atoms with Crippen molar-refractivity contribution < 1.29 is 0 Å². The number of halogens is 1. The summed E-state index contributed by atoms with van der Waals surface area (Å²) in [6.07, 6.45) is 3.93. The van der Waals surface area contributed by atoms with Crippen molar-refractivity contribution >= 4 is 22.9 Å². The van der Waals surface area contributed by atoms with Gasteiger partial charge < -0.3 is 10.3 Å². The molecule has 86 valence electrons. The first-order valence-corrected chi connectivity index (χ1v) is 6.48. The van der Waals surface area contributed by atoms with Crippen molar-refractivity contribution in [2.45, 2.75) is 12.8 Å². The molecule has 0 aromatic carbocycles. The van der Waals surface area contributed by atoms with E-state index < -0.39 is 0 Å². The molecular formula is C11H14ClN3S. The SMILES string of the molecule is CNCCCc1ncc(-c2csc(Cl)c2)[nH]1. The Morgan fingerprint density at radius 3 is 3.12 bits per heavy atom. The fourth-order valence-corrected chi connectivity index (χ4v) is 2.40. The maximum absolute atomic E-state index is 5.90. The lowest BCUT2D eigenvalue weighted by atomic mass is 10.3. The van der Waals surface area contributed by atoms with E-state index in [2.05, 4.69) is 15.3 Å². The topological polar surface area (TPSA) is 40.7 Å². The zero-order valence-corrected chi connectivity index (χ0v) is 10.7. The highest BCUT2D eigenvalue weighted by atomic mass is 35.5. The molecule has 0 unspecified atom stereocenters. The number of imidazole rings is 1. The summed E-state index contributed by atoms with van der Waals surface area (Å²) in [6.45, 7) is 1.01. The van der Waals surface area contributed by atoms with E-state index >= 15 is 0 Å². The molecule has 0 atom stereocenters. The molecule has 16 heavy (non-hydrogen) atoms. The van der Waals surface area contributed by atoms with Crippen molar-refractivity contribution in [3.8, 4) is 11.3 Å². The average Bonchev–Trinajstić information content (AvgIpc) is 2.87. The van der Waals surface area contributed by atoms with E-state index in [1.54, 1.807) is 0 Å². The quantitative estimate of drug-likeness (QED) is 0.807. The summed E-state index contributed by atoms with van der Waals surface area (Å²) in [4.78, 5) is 7.66. The van der Waals surface area contributed by atoms with Gasteiger partial charge in [-0.2, -0.15) is 0 Å². The molecule has 2 rings (SSSR count). The predicted octanol–water partition coefficient (Wildman–Crippen LogP) is 2.94. The molecule has 0 spiro atoms. The Balaban J connectivity index is 2.02. The number of H-pyrrole nitrogens is 1. The number of nitrogens with zero attached hydrogens (tertiary/aromatic N) is 1. The van der Waals surface area contributed by atoms with Crippen LogP contribution in [0, 0.1) is 0 Å². The first-order chi connectivity index (χ1) is 7.79. The lowest BCUT2D eigenvalue weighted by Crippen LogP contribution is -2.08. The van der Waals surface area contributed by atoms with Crippen LogP contribution < -0.4 is 5.32 Å². The molecule has 0 aliphatic heterocycles. The van der Waals surface area contributed by atoms with Crippen LogP contribution in [0.25, 0.3) is 11.3 Å². The molecule has 3 nitrogen and oxygen atoms in total. The third-order valence-corrected chi connectivity index (χ3v) is 3.44. The second kappa shape index (κ2) is 5.48. The first kappa shape index (κ1) is 11.6. The van der Waals surface area contributed by atoms with Crippen LogP contribution >= 0.6 is 22.9 Å². The molecule has 0 saturated heterocycles. The van der Waals surface area contributed by atoms with Crippen LogP contribution in [-0.4, -0.2) is 23.6 Å². The van der Waals surface area contributed by atoms with E-state index in [9.17, 15) is 0 Å². The summed E-state index contributed by atoms with van der Waals surface area (Å²) in [5.41, 5.74) is 2.16. The summed E-state index contributed by atoms with van der Waals surface area (Å²) in [5.74, 6) is 1.03. The summed E-state index contributed by atoms with van der Waals surface area (Å²) >= 11 is 7.43. The molecule has 2 heterocycles. The van der Waals surface area contributed by atoms with Crippen LogP contribution in [0.1, 0.15) is 12.2 Å². The molecular weight excluding hydrogens is 242 g/mol. The molecule has 0 fully saturated rings. The number of nitrogens with one attached hydrogen (secondary N) is 2. The molecule has 0 bridgehead atoms. The summed E-state index contributed by atoms with van der Waals surface area (Å²) in [7, 11) is 1.96. The van der Waals surface area contributed by atoms with Gasteiger partial charge in [0.05, 0.1) is 16.2 Å². The Hall–Kier alpha value is -0.840. The number of aromatic nitrogens is 2. The second-order valence-corrected chi connectivity index (χ2v) is 5.13. The first-order valence-electron chi connectivity index (χ1n) is 5.22. The van der Waals surface area contributed by atoms with E-state index in [4.69, 9.17) is 11.6 Å². The van der Waals surface area contributed by atoms with Gasteiger partial charge in [0.15, 0.2) is 0 Å². The van der Waals surface area contributed by atoms with Crippen LogP contribution in [0.15, 0.2) is 17.6 Å². The van der Waals surface area contributed by atoms with Crippen LogP contribution in [0.3, 0.4) is 0 Å². The number of thiophene rings is 1. The Bertz CT molecular complexity index is 450. The van der Waals surface area contributed by atoms with Crippen LogP contribution in [0.5, 0.6) is 0 Å². The second-order valence-electron chi connectivity index (χ2n) is 3.59. The Morgan fingerprint density at radius 2 is 2.44 bits per heavy atom. The van der Waals surface area contributed by atoms with Gasteiger partial charge in [0.25, 0.3) is 0 Å². The fraction of sp³-hybridized carbons (Fsp3) is 0.364. The van der Waals surface area contributed by atoms with Crippen molar-refractivity contribution in [3.05, 3.63) is 27.8 Å². The standard InChI is InChI=1S/C11H14ClN3S/c1-13-4-2-3-11-14-6-9(15-11)8-5-10(12)16-7-8/h5-7,13H,2-4H2,1H3,(H,14,15). The number of hydrogen-bond acceptors (Lipinski definition) is 3. The Labute approximate surface area is 104 Å². The smallest absolute Gasteiger partial charge is 0.106 e. The minimum Gasteiger partial charge on any atom is -0.342 e. The van der Waals surface area contributed by atoms with Crippen LogP contribution in [-0.2, 0) is 6.42 Å². The monoisotopic (exact) mass is 255 g/mol. The van der Waals surface area contributed by atoms with Crippen molar-refractivity contribution in [2.75, 3.05) is 13.6 Å². The third kappa shape index (κ3) is 2.84. The molecule has 2 N–H and O–H groups in total. The normalized spacial score (nSPS) is 10.9. The maximum Gasteiger partial charge on any atom is 0.106 e. The predicted molar refractivity (Wildman–Crippen MR) is 69.2 cm³/mol. The lowest BCUT2D eigenvalue weighted by molar-refractivity contribution is 0.707. The summed E-state index contributed by atoms with van der Waals surface area (Å²) in [5, 5.41) is 5.16. The van der Waals surface area contributed by atoms with Gasteiger partial charge in [-0.3, -0.25) is 0 Å².